The number of benzene rings is 1. The topological polar surface area (TPSA) is 91.0 Å². The predicted octanol–water partition coefficient (Wildman–Crippen LogP) is 0.414. The summed E-state index contributed by atoms with van der Waals surface area (Å²) in [6.07, 6.45) is -0.440. The maximum atomic E-state index is 11.8. The highest BCUT2D eigenvalue weighted by Crippen LogP contribution is 2.14. The first-order chi connectivity index (χ1) is 8.47. The van der Waals surface area contributed by atoms with E-state index in [1.807, 2.05) is 6.92 Å². The van der Waals surface area contributed by atoms with Gasteiger partial charge in [0.1, 0.15) is 12.7 Å². The van der Waals surface area contributed by atoms with Crippen LogP contribution in [0.1, 0.15) is 5.56 Å². The minimum absolute atomic E-state index is 0.0660. The van der Waals surface area contributed by atoms with Crippen LogP contribution < -0.4 is 5.73 Å². The Balaban J connectivity index is 1.98. The molecule has 1 aliphatic heterocycles. The van der Waals surface area contributed by atoms with Crippen LogP contribution in [0.2, 0.25) is 0 Å². The van der Waals surface area contributed by atoms with Crippen LogP contribution in [0.15, 0.2) is 34.2 Å². The molecule has 1 aliphatic rings. The average molecular weight is 270 g/mol. The summed E-state index contributed by atoms with van der Waals surface area (Å²) in [6, 6.07) is 6.50. The number of hydrogen-bond acceptors (Lipinski definition) is 6. The van der Waals surface area contributed by atoms with Crippen molar-refractivity contribution in [1.29, 1.82) is 0 Å². The Morgan fingerprint density at radius 3 is 2.67 bits per heavy atom. The van der Waals surface area contributed by atoms with E-state index in [4.69, 9.17) is 14.7 Å². The fourth-order valence-electron chi connectivity index (χ4n) is 1.46. The summed E-state index contributed by atoms with van der Waals surface area (Å²) in [6.45, 7) is 2.10. The Bertz CT molecular complexity index is 551. The Morgan fingerprint density at radius 1 is 1.44 bits per heavy atom. The SMILES string of the molecule is Cc1ccc(S(=O)(=O)OC[C@@H]2CN=C(N)O2)cc1. The van der Waals surface area contributed by atoms with Crippen molar-refractivity contribution >= 4 is 16.1 Å². The second kappa shape index (κ2) is 4.95. The summed E-state index contributed by atoms with van der Waals surface area (Å²) < 4.78 is 33.6. The van der Waals surface area contributed by atoms with Gasteiger partial charge in [0, 0.05) is 0 Å². The lowest BCUT2D eigenvalue weighted by atomic mass is 10.2. The lowest BCUT2D eigenvalue weighted by molar-refractivity contribution is 0.145. The first-order valence-electron chi connectivity index (χ1n) is 5.40. The van der Waals surface area contributed by atoms with Crippen LogP contribution >= 0.6 is 0 Å². The summed E-state index contributed by atoms with van der Waals surface area (Å²) in [7, 11) is -3.75. The van der Waals surface area contributed by atoms with Crippen molar-refractivity contribution in [3.63, 3.8) is 0 Å². The first kappa shape index (κ1) is 12.8. The van der Waals surface area contributed by atoms with E-state index in [-0.39, 0.29) is 17.5 Å². The minimum Gasteiger partial charge on any atom is -0.458 e. The molecule has 2 rings (SSSR count). The van der Waals surface area contributed by atoms with E-state index in [1.165, 1.54) is 12.1 Å². The molecular formula is C11H14N2O4S. The molecule has 0 aliphatic carbocycles. The van der Waals surface area contributed by atoms with Crippen molar-refractivity contribution in [2.24, 2.45) is 10.7 Å². The molecule has 0 spiro atoms. The van der Waals surface area contributed by atoms with Gasteiger partial charge in [0.15, 0.2) is 0 Å². The third-order valence-electron chi connectivity index (χ3n) is 2.46. The molecule has 0 fully saturated rings. The number of rotatable bonds is 4. The largest absolute Gasteiger partial charge is 0.458 e. The highest BCUT2D eigenvalue weighted by molar-refractivity contribution is 7.86. The molecule has 0 radical (unpaired) electrons. The van der Waals surface area contributed by atoms with Crippen LogP contribution in [0, 0.1) is 6.92 Å². The van der Waals surface area contributed by atoms with Crippen LogP contribution in [0.5, 0.6) is 0 Å². The Labute approximate surface area is 106 Å². The second-order valence-corrected chi connectivity index (χ2v) is 5.59. The molecule has 0 saturated carbocycles. The van der Waals surface area contributed by atoms with Gasteiger partial charge in [0.05, 0.1) is 11.4 Å². The van der Waals surface area contributed by atoms with E-state index in [9.17, 15) is 8.42 Å². The highest BCUT2D eigenvalue weighted by Gasteiger charge is 2.22. The van der Waals surface area contributed by atoms with Gasteiger partial charge >= 0.3 is 0 Å². The van der Waals surface area contributed by atoms with E-state index in [0.29, 0.717) is 6.54 Å². The molecule has 7 heteroatoms. The van der Waals surface area contributed by atoms with Crippen LogP contribution in [-0.2, 0) is 19.0 Å². The fraction of sp³-hybridized carbons (Fsp3) is 0.364. The number of ether oxygens (including phenoxy) is 1. The van der Waals surface area contributed by atoms with Crippen molar-refractivity contribution < 1.29 is 17.3 Å². The third kappa shape index (κ3) is 2.99. The number of aliphatic imine (C=N–C) groups is 1. The Morgan fingerprint density at radius 2 is 2.11 bits per heavy atom. The molecule has 0 bridgehead atoms. The van der Waals surface area contributed by atoms with Crippen molar-refractivity contribution in [2.75, 3.05) is 13.2 Å². The molecule has 98 valence electrons. The summed E-state index contributed by atoms with van der Waals surface area (Å²) in [4.78, 5) is 3.92. The van der Waals surface area contributed by atoms with Crippen molar-refractivity contribution in [3.8, 4) is 0 Å². The summed E-state index contributed by atoms with van der Waals surface area (Å²) >= 11 is 0. The Hall–Kier alpha value is -1.60. The summed E-state index contributed by atoms with van der Waals surface area (Å²) in [5.74, 6) is 0. The molecule has 2 N–H and O–H groups in total. The van der Waals surface area contributed by atoms with Crippen LogP contribution in [0.4, 0.5) is 0 Å². The number of aryl methyl sites for hydroxylation is 1. The normalized spacial score (nSPS) is 19.4. The summed E-state index contributed by atoms with van der Waals surface area (Å²) in [5.41, 5.74) is 6.30. The maximum Gasteiger partial charge on any atom is 0.297 e. The molecule has 6 nitrogen and oxygen atoms in total. The molecule has 1 aromatic carbocycles. The van der Waals surface area contributed by atoms with E-state index in [1.54, 1.807) is 12.1 Å². The second-order valence-electron chi connectivity index (χ2n) is 3.97. The zero-order valence-electron chi connectivity index (χ0n) is 9.87. The van der Waals surface area contributed by atoms with Crippen molar-refractivity contribution in [1.82, 2.24) is 0 Å². The average Bonchev–Trinajstić information content (AvgIpc) is 2.73. The predicted molar refractivity (Wildman–Crippen MR) is 65.7 cm³/mol. The van der Waals surface area contributed by atoms with E-state index in [2.05, 4.69) is 4.99 Å². The van der Waals surface area contributed by atoms with Gasteiger partial charge in [-0.1, -0.05) is 17.7 Å². The van der Waals surface area contributed by atoms with Gasteiger partial charge in [-0.2, -0.15) is 8.42 Å². The standard InChI is InChI=1S/C11H14N2O4S/c1-8-2-4-10(5-3-8)18(14,15)16-7-9-6-13-11(12)17-9/h2-5,9H,6-7H2,1H3,(H2,12,13)/t9-/m0/s1. The summed E-state index contributed by atoms with van der Waals surface area (Å²) in [5, 5.41) is 0. The maximum absolute atomic E-state index is 11.8. The van der Waals surface area contributed by atoms with E-state index >= 15 is 0 Å². The molecule has 0 unspecified atom stereocenters. The van der Waals surface area contributed by atoms with Crippen LogP contribution in [-0.4, -0.2) is 33.7 Å². The Kier molecular flexibility index (Phi) is 3.53. The molecule has 1 atom stereocenters. The van der Waals surface area contributed by atoms with Crippen molar-refractivity contribution in [2.45, 2.75) is 17.9 Å². The molecule has 1 aromatic rings. The quantitative estimate of drug-likeness (QED) is 0.800. The lowest BCUT2D eigenvalue weighted by Gasteiger charge is -2.10. The number of amidine groups is 1. The van der Waals surface area contributed by atoms with Gasteiger partial charge < -0.3 is 10.5 Å². The third-order valence-corrected chi connectivity index (χ3v) is 3.75. The van der Waals surface area contributed by atoms with Gasteiger partial charge in [-0.15, -0.1) is 0 Å². The van der Waals surface area contributed by atoms with Gasteiger partial charge in [-0.05, 0) is 19.1 Å². The van der Waals surface area contributed by atoms with E-state index in [0.717, 1.165) is 5.56 Å². The number of nitrogens with zero attached hydrogens (tertiary/aromatic N) is 1. The van der Waals surface area contributed by atoms with E-state index < -0.39 is 16.2 Å². The first-order valence-corrected chi connectivity index (χ1v) is 6.81. The molecule has 0 saturated heterocycles. The van der Waals surface area contributed by atoms with Gasteiger partial charge in [0.2, 0.25) is 0 Å². The monoisotopic (exact) mass is 270 g/mol. The molecule has 0 aromatic heterocycles. The van der Waals surface area contributed by atoms with Gasteiger partial charge in [-0.25, -0.2) is 4.99 Å². The smallest absolute Gasteiger partial charge is 0.297 e. The van der Waals surface area contributed by atoms with Gasteiger partial charge in [-0.3, -0.25) is 4.18 Å². The number of nitrogens with two attached hydrogens (primary N) is 1. The van der Waals surface area contributed by atoms with Crippen LogP contribution in [0.3, 0.4) is 0 Å². The van der Waals surface area contributed by atoms with Gasteiger partial charge in [0.25, 0.3) is 16.1 Å². The highest BCUT2D eigenvalue weighted by atomic mass is 32.2. The molecular weight excluding hydrogens is 256 g/mol. The lowest BCUT2D eigenvalue weighted by Crippen LogP contribution is -2.24. The fourth-order valence-corrected chi connectivity index (χ4v) is 2.40. The van der Waals surface area contributed by atoms with Crippen molar-refractivity contribution in [3.05, 3.63) is 29.8 Å². The molecule has 1 heterocycles. The minimum atomic E-state index is -3.75. The zero-order valence-corrected chi connectivity index (χ0v) is 10.7. The number of hydrogen-bond donors (Lipinski definition) is 1. The molecule has 18 heavy (non-hydrogen) atoms. The molecule has 0 amide bonds. The van der Waals surface area contributed by atoms with Crippen LogP contribution in [0.25, 0.3) is 0 Å². The zero-order chi connectivity index (χ0) is 13.2.